The Morgan fingerprint density at radius 2 is 2.27 bits per heavy atom. The number of carbonyl (C=O) groups is 1. The Bertz CT molecular complexity index is 694. The Morgan fingerprint density at radius 1 is 1.50 bits per heavy atom. The van der Waals surface area contributed by atoms with Crippen molar-refractivity contribution >= 4 is 17.5 Å². The molecule has 0 aliphatic carbocycles. The molecule has 0 saturated carbocycles. The van der Waals surface area contributed by atoms with Crippen LogP contribution in [0, 0.1) is 0 Å². The van der Waals surface area contributed by atoms with E-state index in [9.17, 15) is 4.79 Å². The predicted octanol–water partition coefficient (Wildman–Crippen LogP) is 2.42. The minimum Gasteiger partial charge on any atom is -0.340 e. The summed E-state index contributed by atoms with van der Waals surface area (Å²) in [5.74, 6) is 0.776. The molecule has 1 fully saturated rings. The van der Waals surface area contributed by atoms with Gasteiger partial charge in [0.1, 0.15) is 0 Å². The second kappa shape index (κ2) is 5.70. The lowest BCUT2D eigenvalue weighted by Crippen LogP contribution is -2.42. The standard InChI is InChI=1S/C15H17ClN4O2/c1-15(2,14-18-13(22-20-14)11-6-7-17-11)19-12(21)9-4-3-5-10(16)8-9/h3-5,8,11,17H,6-7H2,1-2H3,(H,19,21)/t11-/m1/s1. The fraction of sp³-hybridized carbons (Fsp3) is 0.400. The van der Waals surface area contributed by atoms with Crippen molar-refractivity contribution in [1.29, 1.82) is 0 Å². The molecular formula is C15H17ClN4O2. The summed E-state index contributed by atoms with van der Waals surface area (Å²) in [6, 6.07) is 6.91. The number of carbonyl (C=O) groups excluding carboxylic acids is 1. The molecule has 3 rings (SSSR count). The first-order chi connectivity index (χ1) is 10.5. The van der Waals surface area contributed by atoms with Crippen molar-refractivity contribution in [3.63, 3.8) is 0 Å². The van der Waals surface area contributed by atoms with Gasteiger partial charge in [-0.1, -0.05) is 22.8 Å². The van der Waals surface area contributed by atoms with Crippen molar-refractivity contribution in [1.82, 2.24) is 20.8 Å². The molecule has 1 aliphatic rings. The average molecular weight is 321 g/mol. The molecule has 1 aromatic carbocycles. The summed E-state index contributed by atoms with van der Waals surface area (Å²) < 4.78 is 5.27. The van der Waals surface area contributed by atoms with Crippen molar-refractivity contribution in [2.45, 2.75) is 31.8 Å². The zero-order valence-corrected chi connectivity index (χ0v) is 13.1. The highest BCUT2D eigenvalue weighted by Crippen LogP contribution is 2.24. The van der Waals surface area contributed by atoms with Gasteiger partial charge in [-0.25, -0.2) is 0 Å². The molecule has 2 N–H and O–H groups in total. The number of halogens is 1. The molecule has 7 heteroatoms. The Morgan fingerprint density at radius 3 is 2.91 bits per heavy atom. The third kappa shape index (κ3) is 2.98. The molecule has 6 nitrogen and oxygen atoms in total. The molecule has 0 radical (unpaired) electrons. The first-order valence-corrected chi connectivity index (χ1v) is 7.49. The molecule has 1 atom stereocenters. The minimum atomic E-state index is -0.745. The summed E-state index contributed by atoms with van der Waals surface area (Å²) in [6.45, 7) is 4.62. The fourth-order valence-corrected chi connectivity index (χ4v) is 2.36. The zero-order valence-electron chi connectivity index (χ0n) is 12.4. The van der Waals surface area contributed by atoms with Gasteiger partial charge in [-0.2, -0.15) is 4.98 Å². The van der Waals surface area contributed by atoms with Gasteiger partial charge in [0.2, 0.25) is 5.89 Å². The van der Waals surface area contributed by atoms with E-state index in [0.717, 1.165) is 13.0 Å². The summed E-state index contributed by atoms with van der Waals surface area (Å²) in [5.41, 5.74) is -0.254. The largest absolute Gasteiger partial charge is 0.340 e. The SMILES string of the molecule is CC(C)(NC(=O)c1cccc(Cl)c1)c1noc([C@H]2CCN2)n1. The molecule has 1 aliphatic heterocycles. The first-order valence-electron chi connectivity index (χ1n) is 7.11. The number of hydrogen-bond donors (Lipinski definition) is 2. The number of aromatic nitrogens is 2. The summed E-state index contributed by atoms with van der Waals surface area (Å²) >= 11 is 5.91. The van der Waals surface area contributed by atoms with Crippen molar-refractivity contribution in [3.05, 3.63) is 46.6 Å². The van der Waals surface area contributed by atoms with Crippen LogP contribution in [0.3, 0.4) is 0 Å². The highest BCUT2D eigenvalue weighted by molar-refractivity contribution is 6.30. The lowest BCUT2D eigenvalue weighted by atomic mass is 10.0. The van der Waals surface area contributed by atoms with E-state index in [1.807, 2.05) is 13.8 Å². The van der Waals surface area contributed by atoms with Crippen LogP contribution in [0.25, 0.3) is 0 Å². The molecule has 0 unspecified atom stereocenters. The maximum atomic E-state index is 12.3. The van der Waals surface area contributed by atoms with Crippen LogP contribution in [0.2, 0.25) is 5.02 Å². The number of nitrogens with one attached hydrogen (secondary N) is 2. The van der Waals surface area contributed by atoms with E-state index in [0.29, 0.717) is 22.3 Å². The van der Waals surface area contributed by atoms with Gasteiger partial charge in [0, 0.05) is 10.6 Å². The minimum absolute atomic E-state index is 0.126. The van der Waals surface area contributed by atoms with E-state index in [2.05, 4.69) is 20.8 Å². The maximum absolute atomic E-state index is 12.3. The highest BCUT2D eigenvalue weighted by Gasteiger charge is 2.32. The Kier molecular flexibility index (Phi) is 3.88. The average Bonchev–Trinajstić information content (AvgIpc) is 2.86. The van der Waals surface area contributed by atoms with E-state index in [1.54, 1.807) is 24.3 Å². The van der Waals surface area contributed by atoms with Crippen LogP contribution in [0.15, 0.2) is 28.8 Å². The van der Waals surface area contributed by atoms with Crippen molar-refractivity contribution in [2.75, 3.05) is 6.54 Å². The number of benzene rings is 1. The first kappa shape index (κ1) is 15.0. The lowest BCUT2D eigenvalue weighted by molar-refractivity contribution is 0.0907. The van der Waals surface area contributed by atoms with Crippen LogP contribution in [-0.4, -0.2) is 22.6 Å². The summed E-state index contributed by atoms with van der Waals surface area (Å²) in [6.07, 6.45) is 0.983. The Hall–Kier alpha value is -1.92. The van der Waals surface area contributed by atoms with Crippen LogP contribution >= 0.6 is 11.6 Å². The second-order valence-corrected chi connectivity index (χ2v) is 6.28. The van der Waals surface area contributed by atoms with Crippen LogP contribution in [0.1, 0.15) is 48.4 Å². The van der Waals surface area contributed by atoms with Gasteiger partial charge in [-0.05, 0) is 45.0 Å². The normalized spacial score (nSPS) is 17.9. The number of hydrogen-bond acceptors (Lipinski definition) is 5. The van der Waals surface area contributed by atoms with Crippen LogP contribution in [0.4, 0.5) is 0 Å². The second-order valence-electron chi connectivity index (χ2n) is 5.84. The molecule has 1 amide bonds. The maximum Gasteiger partial charge on any atom is 0.252 e. The van der Waals surface area contributed by atoms with Gasteiger partial charge in [-0.15, -0.1) is 0 Å². The quantitative estimate of drug-likeness (QED) is 0.904. The lowest BCUT2D eigenvalue weighted by Gasteiger charge is -2.24. The van der Waals surface area contributed by atoms with Gasteiger partial charge < -0.3 is 15.2 Å². The van der Waals surface area contributed by atoms with E-state index < -0.39 is 5.54 Å². The van der Waals surface area contributed by atoms with Crippen LogP contribution in [0.5, 0.6) is 0 Å². The molecule has 22 heavy (non-hydrogen) atoms. The van der Waals surface area contributed by atoms with Gasteiger partial charge in [0.15, 0.2) is 5.82 Å². The molecule has 0 spiro atoms. The number of nitrogens with zero attached hydrogens (tertiary/aromatic N) is 2. The smallest absolute Gasteiger partial charge is 0.252 e. The summed E-state index contributed by atoms with van der Waals surface area (Å²) in [5, 5.41) is 10.6. The topological polar surface area (TPSA) is 80.0 Å². The molecule has 2 aromatic rings. The van der Waals surface area contributed by atoms with Crippen LogP contribution < -0.4 is 10.6 Å². The summed E-state index contributed by atoms with van der Waals surface area (Å²) in [7, 11) is 0. The molecular weight excluding hydrogens is 304 g/mol. The number of rotatable bonds is 4. The van der Waals surface area contributed by atoms with Gasteiger partial charge in [-0.3, -0.25) is 4.79 Å². The van der Waals surface area contributed by atoms with E-state index in [1.165, 1.54) is 0 Å². The van der Waals surface area contributed by atoms with E-state index >= 15 is 0 Å². The van der Waals surface area contributed by atoms with Crippen molar-refractivity contribution in [3.8, 4) is 0 Å². The highest BCUT2D eigenvalue weighted by atomic mass is 35.5. The molecule has 2 heterocycles. The third-order valence-electron chi connectivity index (χ3n) is 3.64. The molecule has 116 valence electrons. The van der Waals surface area contributed by atoms with Crippen molar-refractivity contribution < 1.29 is 9.32 Å². The molecule has 1 saturated heterocycles. The summed E-state index contributed by atoms with van der Waals surface area (Å²) in [4.78, 5) is 16.7. The predicted molar refractivity (Wildman–Crippen MR) is 81.6 cm³/mol. The molecule has 1 aromatic heterocycles. The van der Waals surface area contributed by atoms with Crippen molar-refractivity contribution in [2.24, 2.45) is 0 Å². The third-order valence-corrected chi connectivity index (χ3v) is 3.87. The number of amides is 1. The van der Waals surface area contributed by atoms with Crippen LogP contribution in [-0.2, 0) is 5.54 Å². The van der Waals surface area contributed by atoms with Gasteiger partial charge >= 0.3 is 0 Å². The van der Waals surface area contributed by atoms with Gasteiger partial charge in [0.05, 0.1) is 11.6 Å². The Balaban J connectivity index is 1.74. The Labute approximate surface area is 133 Å². The zero-order chi connectivity index (χ0) is 15.7. The monoisotopic (exact) mass is 320 g/mol. The van der Waals surface area contributed by atoms with E-state index in [4.69, 9.17) is 16.1 Å². The van der Waals surface area contributed by atoms with E-state index in [-0.39, 0.29) is 11.9 Å². The molecule has 0 bridgehead atoms. The fourth-order valence-electron chi connectivity index (χ4n) is 2.17. The van der Waals surface area contributed by atoms with Gasteiger partial charge in [0.25, 0.3) is 5.91 Å².